The van der Waals surface area contributed by atoms with Crippen molar-refractivity contribution in [3.8, 4) is 0 Å². The van der Waals surface area contributed by atoms with E-state index in [2.05, 4.69) is 4.99 Å². The van der Waals surface area contributed by atoms with Crippen molar-refractivity contribution in [2.45, 2.75) is 45.6 Å². The zero-order valence-corrected chi connectivity index (χ0v) is 20.2. The van der Waals surface area contributed by atoms with Crippen LogP contribution in [0.15, 0.2) is 46.3 Å². The van der Waals surface area contributed by atoms with Crippen molar-refractivity contribution in [1.82, 2.24) is 4.57 Å². The molecule has 0 fully saturated rings. The minimum Gasteiger partial charge on any atom is -0.465 e. The zero-order chi connectivity index (χ0) is 23.5. The highest BCUT2D eigenvalue weighted by molar-refractivity contribution is 7.91. The number of nitrogens with zero attached hydrogens (tertiary/aromatic N) is 2. The van der Waals surface area contributed by atoms with Crippen LogP contribution in [0.2, 0.25) is 0 Å². The summed E-state index contributed by atoms with van der Waals surface area (Å²) in [7, 11) is -3.60. The van der Waals surface area contributed by atoms with E-state index in [1.54, 1.807) is 23.6 Å². The first kappa shape index (κ1) is 23.9. The van der Waals surface area contributed by atoms with Crippen molar-refractivity contribution in [2.24, 2.45) is 4.99 Å². The van der Waals surface area contributed by atoms with E-state index in [9.17, 15) is 18.0 Å². The van der Waals surface area contributed by atoms with E-state index in [0.29, 0.717) is 4.80 Å². The standard InChI is InChI=1S/C23H26N2O5S2/c1-5-30-22(27)14-25-19-12-16(3)17(4)13-20(19)31-23(25)24-21(26)10-11-32(28,29)18-8-6-15(2)7-9-18/h6-9,12-13H,5,10-11,14H2,1-4H3. The minimum absolute atomic E-state index is 0.0792. The number of thiazole rings is 1. The van der Waals surface area contributed by atoms with Crippen LogP contribution >= 0.6 is 11.3 Å². The predicted molar refractivity (Wildman–Crippen MR) is 124 cm³/mol. The summed E-state index contributed by atoms with van der Waals surface area (Å²) in [5, 5.41) is 0. The Morgan fingerprint density at radius 2 is 1.72 bits per heavy atom. The maximum absolute atomic E-state index is 12.6. The Morgan fingerprint density at radius 1 is 1.06 bits per heavy atom. The Balaban J connectivity index is 1.91. The summed E-state index contributed by atoms with van der Waals surface area (Å²) in [6, 6.07) is 10.5. The van der Waals surface area contributed by atoms with Gasteiger partial charge < -0.3 is 9.30 Å². The molecule has 0 aliphatic rings. The highest BCUT2D eigenvalue weighted by Crippen LogP contribution is 2.22. The largest absolute Gasteiger partial charge is 0.465 e. The highest BCUT2D eigenvalue weighted by Gasteiger charge is 2.17. The molecule has 0 radical (unpaired) electrons. The normalized spacial score (nSPS) is 12.3. The maximum atomic E-state index is 12.6. The molecule has 170 valence electrons. The first-order chi connectivity index (χ1) is 15.1. The molecular weight excluding hydrogens is 448 g/mol. The number of rotatable bonds is 7. The summed E-state index contributed by atoms with van der Waals surface area (Å²) in [6.07, 6.45) is -0.248. The number of fused-ring (bicyclic) bond motifs is 1. The average molecular weight is 475 g/mol. The smallest absolute Gasteiger partial charge is 0.326 e. The number of aromatic nitrogens is 1. The number of hydrogen-bond acceptors (Lipinski definition) is 6. The van der Waals surface area contributed by atoms with Gasteiger partial charge in [0.15, 0.2) is 14.6 Å². The van der Waals surface area contributed by atoms with Crippen LogP contribution in [0.4, 0.5) is 0 Å². The molecule has 0 spiro atoms. The van der Waals surface area contributed by atoms with E-state index in [1.165, 1.54) is 23.5 Å². The second-order valence-electron chi connectivity index (χ2n) is 7.57. The number of carbonyl (C=O) groups is 2. The van der Waals surface area contributed by atoms with E-state index in [4.69, 9.17) is 4.74 Å². The third-order valence-corrected chi connectivity index (χ3v) is 7.85. The Morgan fingerprint density at radius 3 is 2.38 bits per heavy atom. The van der Waals surface area contributed by atoms with Gasteiger partial charge in [-0.15, -0.1) is 0 Å². The molecule has 0 saturated heterocycles. The molecule has 3 rings (SSSR count). The summed E-state index contributed by atoms with van der Waals surface area (Å²) in [5.74, 6) is -1.32. The molecule has 9 heteroatoms. The lowest BCUT2D eigenvalue weighted by Crippen LogP contribution is -2.23. The number of aryl methyl sites for hydroxylation is 3. The number of sulfone groups is 1. The van der Waals surface area contributed by atoms with Gasteiger partial charge >= 0.3 is 5.97 Å². The Kier molecular flexibility index (Phi) is 7.30. The van der Waals surface area contributed by atoms with Crippen molar-refractivity contribution in [1.29, 1.82) is 0 Å². The zero-order valence-electron chi connectivity index (χ0n) is 18.5. The number of esters is 1. The molecule has 7 nitrogen and oxygen atoms in total. The van der Waals surface area contributed by atoms with Gasteiger partial charge in [0.05, 0.1) is 27.5 Å². The number of hydrogen-bond donors (Lipinski definition) is 0. The molecule has 0 bridgehead atoms. The van der Waals surface area contributed by atoms with Crippen LogP contribution in [0.1, 0.15) is 30.0 Å². The predicted octanol–water partition coefficient (Wildman–Crippen LogP) is 3.48. The average Bonchev–Trinajstić information content (AvgIpc) is 3.03. The molecule has 0 aliphatic heterocycles. The minimum atomic E-state index is -3.60. The third kappa shape index (κ3) is 5.52. The second kappa shape index (κ2) is 9.79. The SMILES string of the molecule is CCOC(=O)Cn1c(=NC(=O)CCS(=O)(=O)c2ccc(C)cc2)sc2cc(C)c(C)cc21. The lowest BCUT2D eigenvalue weighted by atomic mass is 10.1. The molecule has 1 amide bonds. The lowest BCUT2D eigenvalue weighted by molar-refractivity contribution is -0.143. The van der Waals surface area contributed by atoms with Crippen molar-refractivity contribution < 1.29 is 22.7 Å². The summed E-state index contributed by atoms with van der Waals surface area (Å²) < 4.78 is 32.7. The van der Waals surface area contributed by atoms with Gasteiger partial charge in [-0.25, -0.2) is 8.42 Å². The first-order valence-electron chi connectivity index (χ1n) is 10.2. The number of amides is 1. The van der Waals surface area contributed by atoms with Crippen LogP contribution in [-0.4, -0.2) is 37.2 Å². The van der Waals surface area contributed by atoms with Crippen LogP contribution in [-0.2, 0) is 30.7 Å². The van der Waals surface area contributed by atoms with Crippen LogP contribution in [0.5, 0.6) is 0 Å². The van der Waals surface area contributed by atoms with E-state index in [0.717, 1.165) is 26.9 Å². The molecule has 1 aromatic heterocycles. The fraction of sp³-hybridized carbons (Fsp3) is 0.348. The van der Waals surface area contributed by atoms with Gasteiger partial charge in [-0.1, -0.05) is 29.0 Å². The van der Waals surface area contributed by atoms with Crippen molar-refractivity contribution >= 4 is 43.3 Å². The summed E-state index contributed by atoms with van der Waals surface area (Å²) >= 11 is 1.28. The van der Waals surface area contributed by atoms with E-state index in [1.807, 2.05) is 32.9 Å². The lowest BCUT2D eigenvalue weighted by Gasteiger charge is -2.06. The number of carbonyl (C=O) groups excluding carboxylic acids is 2. The van der Waals surface area contributed by atoms with Crippen LogP contribution < -0.4 is 4.80 Å². The van der Waals surface area contributed by atoms with Gasteiger partial charge in [0, 0.05) is 6.42 Å². The second-order valence-corrected chi connectivity index (χ2v) is 10.7. The third-order valence-electron chi connectivity index (χ3n) is 5.08. The highest BCUT2D eigenvalue weighted by atomic mass is 32.2. The molecule has 0 atom stereocenters. The fourth-order valence-corrected chi connectivity index (χ4v) is 5.50. The summed E-state index contributed by atoms with van der Waals surface area (Å²) in [5.41, 5.74) is 3.88. The molecule has 0 unspecified atom stereocenters. The van der Waals surface area contributed by atoms with Gasteiger partial charge in [0.1, 0.15) is 6.54 Å². The van der Waals surface area contributed by atoms with E-state index < -0.39 is 21.7 Å². The van der Waals surface area contributed by atoms with Crippen LogP contribution in [0.25, 0.3) is 10.2 Å². The fourth-order valence-electron chi connectivity index (χ4n) is 3.14. The van der Waals surface area contributed by atoms with Crippen LogP contribution in [0.3, 0.4) is 0 Å². The van der Waals surface area contributed by atoms with Gasteiger partial charge in [-0.2, -0.15) is 4.99 Å². The molecule has 2 aromatic carbocycles. The molecule has 32 heavy (non-hydrogen) atoms. The van der Waals surface area contributed by atoms with Gasteiger partial charge in [0.2, 0.25) is 5.91 Å². The van der Waals surface area contributed by atoms with Gasteiger partial charge in [0.25, 0.3) is 0 Å². The topological polar surface area (TPSA) is 94.8 Å². The van der Waals surface area contributed by atoms with Crippen molar-refractivity contribution in [2.75, 3.05) is 12.4 Å². The summed E-state index contributed by atoms with van der Waals surface area (Å²) in [6.45, 7) is 7.73. The monoisotopic (exact) mass is 474 g/mol. The van der Waals surface area contributed by atoms with Gasteiger partial charge in [-0.05, 0) is 63.1 Å². The van der Waals surface area contributed by atoms with Crippen molar-refractivity contribution in [3.05, 3.63) is 57.9 Å². The molecular formula is C23H26N2O5S2. The van der Waals surface area contributed by atoms with Gasteiger partial charge in [-0.3, -0.25) is 9.59 Å². The quantitative estimate of drug-likeness (QED) is 0.489. The van der Waals surface area contributed by atoms with Crippen LogP contribution in [0, 0.1) is 20.8 Å². The first-order valence-corrected chi connectivity index (χ1v) is 12.7. The Bertz CT molecular complexity index is 1330. The molecule has 0 saturated carbocycles. The molecule has 1 heterocycles. The summed E-state index contributed by atoms with van der Waals surface area (Å²) in [4.78, 5) is 29.4. The van der Waals surface area contributed by atoms with E-state index in [-0.39, 0.29) is 30.2 Å². The molecule has 3 aromatic rings. The van der Waals surface area contributed by atoms with Crippen molar-refractivity contribution in [3.63, 3.8) is 0 Å². The molecule has 0 N–H and O–H groups in total. The molecule has 0 aliphatic carbocycles. The van der Waals surface area contributed by atoms with E-state index >= 15 is 0 Å². The number of benzene rings is 2. The maximum Gasteiger partial charge on any atom is 0.326 e. The Hall–Kier alpha value is -2.78. The Labute approximate surface area is 191 Å². The number of ether oxygens (including phenoxy) is 1.